The molecular formula is C9H14N6O. The van der Waals surface area contributed by atoms with Gasteiger partial charge in [0, 0.05) is 26.2 Å². The van der Waals surface area contributed by atoms with Crippen molar-refractivity contribution in [3.63, 3.8) is 0 Å². The van der Waals surface area contributed by atoms with E-state index >= 15 is 0 Å². The van der Waals surface area contributed by atoms with Crippen molar-refractivity contribution < 1.29 is 6.17 Å². The van der Waals surface area contributed by atoms with E-state index in [1.807, 2.05) is 11.9 Å². The van der Waals surface area contributed by atoms with Gasteiger partial charge in [0.1, 0.15) is 0 Å². The van der Waals surface area contributed by atoms with Crippen LogP contribution in [0, 0.1) is 0 Å². The molecule has 0 spiro atoms. The van der Waals surface area contributed by atoms with Crippen molar-refractivity contribution in [2.75, 3.05) is 38.1 Å². The molecule has 7 heteroatoms. The molecule has 16 heavy (non-hydrogen) atoms. The van der Waals surface area contributed by atoms with Crippen molar-refractivity contribution in [2.45, 2.75) is 0 Å². The Morgan fingerprint density at radius 3 is 2.69 bits per heavy atom. The Labute approximate surface area is 94.7 Å². The molecule has 2 rings (SSSR count). The smallest absolute Gasteiger partial charge is 0.270 e. The number of primary amides is 1. The molecule has 2 N–H and O–H groups in total. The Morgan fingerprint density at radius 1 is 1.44 bits per heavy atom. The molecule has 0 saturated carbocycles. The molecule has 0 bridgehead atoms. The molecule has 1 aromatic rings. The van der Waals surface area contributed by atoms with Gasteiger partial charge in [0.05, 0.1) is 7.54 Å². The molecule has 1 aliphatic rings. The van der Waals surface area contributed by atoms with E-state index < -0.39 is 5.91 Å². The fourth-order valence-electron chi connectivity index (χ4n) is 1.49. The first-order chi connectivity index (χ1) is 8.08. The minimum Gasteiger partial charge on any atom is -0.364 e. The van der Waals surface area contributed by atoms with Crippen LogP contribution in [0.1, 0.15) is 11.9 Å². The second kappa shape index (κ2) is 4.40. The number of likely N-dealkylation sites (N-methyl/N-ethyl adjacent to an activating group) is 1. The van der Waals surface area contributed by atoms with Crippen molar-refractivity contribution >= 4 is 11.9 Å². The van der Waals surface area contributed by atoms with E-state index in [0.717, 1.165) is 26.2 Å². The summed E-state index contributed by atoms with van der Waals surface area (Å²) >= 11 is 0. The van der Waals surface area contributed by atoms with Gasteiger partial charge < -0.3 is 15.5 Å². The number of nitrogens with two attached hydrogens (primary N) is 1. The summed E-state index contributed by atoms with van der Waals surface area (Å²) in [5.41, 5.74) is 4.85. The zero-order valence-electron chi connectivity index (χ0n) is 10.1. The zero-order chi connectivity index (χ0) is 12.4. The van der Waals surface area contributed by atoms with Gasteiger partial charge in [-0.15, -0.1) is 10.2 Å². The van der Waals surface area contributed by atoms with E-state index in [1.165, 1.54) is 0 Å². The molecule has 7 nitrogen and oxygen atoms in total. The largest absolute Gasteiger partial charge is 0.364 e. The van der Waals surface area contributed by atoms with Gasteiger partial charge >= 0.3 is 0 Å². The van der Waals surface area contributed by atoms with Crippen molar-refractivity contribution in [1.29, 1.82) is 0 Å². The Morgan fingerprint density at radius 2 is 2.12 bits per heavy atom. The molecule has 2 heterocycles. The van der Waals surface area contributed by atoms with Crippen LogP contribution in [0.5, 0.6) is 0 Å². The van der Waals surface area contributed by atoms with Crippen LogP contribution < -0.4 is 10.6 Å². The van der Waals surface area contributed by atoms with Crippen molar-refractivity contribution in [3.05, 3.63) is 11.9 Å². The first-order valence-corrected chi connectivity index (χ1v) is 5.02. The first-order valence-electron chi connectivity index (χ1n) is 5.52. The summed E-state index contributed by atoms with van der Waals surface area (Å²) in [6, 6.07) is 0. The maximum atomic E-state index is 10.9. The highest BCUT2D eigenvalue weighted by atomic mass is 16.1. The van der Waals surface area contributed by atoms with Crippen LogP contribution in [0.25, 0.3) is 0 Å². The minimum absolute atomic E-state index is 0.192. The summed E-state index contributed by atoms with van der Waals surface area (Å²) in [5, 5.41) is 7.48. The van der Waals surface area contributed by atoms with Gasteiger partial charge in [0.2, 0.25) is 5.95 Å². The number of amides is 1. The van der Waals surface area contributed by atoms with Gasteiger partial charge in [-0.1, -0.05) is 0 Å². The fourth-order valence-corrected chi connectivity index (χ4v) is 1.49. The monoisotopic (exact) mass is 223 g/mol. The molecule has 0 aromatic carbocycles. The minimum atomic E-state index is -0.778. The maximum Gasteiger partial charge on any atom is 0.270 e. The highest BCUT2D eigenvalue weighted by Gasteiger charge is 2.17. The lowest BCUT2D eigenvalue weighted by Crippen LogP contribution is -2.45. The van der Waals surface area contributed by atoms with E-state index in [-0.39, 0.29) is 11.9 Å². The topological polar surface area (TPSA) is 88.2 Å². The molecule has 0 aliphatic carbocycles. The average molecular weight is 223 g/mol. The first kappa shape index (κ1) is 9.46. The van der Waals surface area contributed by atoms with Crippen molar-refractivity contribution in [3.8, 4) is 0 Å². The number of anilines is 1. The lowest BCUT2D eigenvalue weighted by atomic mass is 10.3. The van der Waals surface area contributed by atoms with Crippen LogP contribution in [0.3, 0.4) is 0 Å². The Bertz CT molecular complexity index is 431. The number of aromatic nitrogens is 3. The third-order valence-corrected chi connectivity index (χ3v) is 2.52. The zero-order valence-corrected chi connectivity index (χ0v) is 9.05. The molecule has 1 saturated heterocycles. The lowest BCUT2D eigenvalue weighted by Gasteiger charge is -2.31. The fraction of sp³-hybridized carbons (Fsp3) is 0.556. The van der Waals surface area contributed by atoms with Crippen LogP contribution in [0.4, 0.5) is 5.95 Å². The summed E-state index contributed by atoms with van der Waals surface area (Å²) in [4.78, 5) is 19.0. The molecule has 1 aromatic heterocycles. The van der Waals surface area contributed by atoms with Crippen LogP contribution in [0.2, 0.25) is 0 Å². The predicted molar refractivity (Wildman–Crippen MR) is 58.1 cm³/mol. The molecule has 0 radical (unpaired) electrons. The number of hydrogen-bond acceptors (Lipinski definition) is 6. The van der Waals surface area contributed by atoms with Gasteiger partial charge in [0.15, 0.2) is 5.69 Å². The SMILES string of the molecule is [2H]c1nc(N2CCN(C)CC2)nnc1C(N)=O. The van der Waals surface area contributed by atoms with Gasteiger partial charge in [-0.05, 0) is 7.05 Å². The number of rotatable bonds is 2. The standard InChI is InChI=1S/C9H14N6O/c1-14-2-4-15(5-3-14)9-11-6-7(8(10)16)12-13-9/h6H,2-5H2,1H3,(H2,10,16)/i6D. The number of piperazine rings is 1. The highest BCUT2D eigenvalue weighted by Crippen LogP contribution is 2.08. The van der Waals surface area contributed by atoms with Crippen molar-refractivity contribution in [1.82, 2.24) is 20.1 Å². The molecule has 86 valence electrons. The third-order valence-electron chi connectivity index (χ3n) is 2.52. The van der Waals surface area contributed by atoms with Gasteiger partial charge in [0.25, 0.3) is 5.91 Å². The van der Waals surface area contributed by atoms with E-state index in [0.29, 0.717) is 5.95 Å². The molecule has 1 amide bonds. The highest BCUT2D eigenvalue weighted by molar-refractivity contribution is 5.90. The number of hydrogen-bond donors (Lipinski definition) is 1. The summed E-state index contributed by atoms with van der Waals surface area (Å²) in [6.45, 7) is 3.39. The number of carbonyl (C=O) groups is 1. The maximum absolute atomic E-state index is 10.9. The normalized spacial score (nSPS) is 18.3. The van der Waals surface area contributed by atoms with E-state index in [2.05, 4.69) is 20.1 Å². The van der Waals surface area contributed by atoms with Crippen LogP contribution >= 0.6 is 0 Å². The molecular weight excluding hydrogens is 208 g/mol. The molecule has 0 atom stereocenters. The Balaban J connectivity index is 2.17. The van der Waals surface area contributed by atoms with Crippen LogP contribution in [-0.4, -0.2) is 59.2 Å². The third kappa shape index (κ3) is 2.25. The quantitative estimate of drug-likeness (QED) is 0.672. The van der Waals surface area contributed by atoms with E-state index in [1.54, 1.807) is 0 Å². The summed E-state index contributed by atoms with van der Waals surface area (Å²) < 4.78 is 7.55. The summed E-state index contributed by atoms with van der Waals surface area (Å²) in [6.07, 6.45) is -0.221. The average Bonchev–Trinajstić information content (AvgIpc) is 2.29. The second-order valence-corrected chi connectivity index (χ2v) is 3.73. The van der Waals surface area contributed by atoms with Gasteiger partial charge in [-0.3, -0.25) is 4.79 Å². The predicted octanol–water partition coefficient (Wildman–Crippen LogP) is -1.28. The van der Waals surface area contributed by atoms with E-state index in [4.69, 9.17) is 7.10 Å². The van der Waals surface area contributed by atoms with Gasteiger partial charge in [-0.25, -0.2) is 4.98 Å². The Kier molecular flexibility index (Phi) is 2.60. The molecule has 1 fully saturated rings. The summed E-state index contributed by atoms with van der Waals surface area (Å²) in [7, 11) is 2.04. The molecule has 1 aliphatic heterocycles. The van der Waals surface area contributed by atoms with Gasteiger partial charge in [-0.2, -0.15) is 0 Å². The Hall–Kier alpha value is -1.76. The van der Waals surface area contributed by atoms with Crippen molar-refractivity contribution in [2.24, 2.45) is 5.73 Å². The second-order valence-electron chi connectivity index (χ2n) is 3.73. The number of nitrogens with zero attached hydrogens (tertiary/aromatic N) is 5. The van der Waals surface area contributed by atoms with Crippen LogP contribution in [-0.2, 0) is 0 Å². The summed E-state index contributed by atoms with van der Waals surface area (Å²) in [5.74, 6) is -0.395. The van der Waals surface area contributed by atoms with Crippen LogP contribution in [0.15, 0.2) is 6.17 Å². The number of carbonyl (C=O) groups excluding carboxylic acids is 1. The van der Waals surface area contributed by atoms with E-state index in [9.17, 15) is 4.79 Å². The molecule has 0 unspecified atom stereocenters. The lowest BCUT2D eigenvalue weighted by molar-refractivity contribution is 0.0994.